The first-order valence-corrected chi connectivity index (χ1v) is 5.33. The van der Waals surface area contributed by atoms with E-state index >= 15 is 0 Å². The molecule has 0 saturated heterocycles. The number of hydrogen-bond acceptors (Lipinski definition) is 4. The molecule has 4 nitrogen and oxygen atoms in total. The van der Waals surface area contributed by atoms with Gasteiger partial charge in [-0.1, -0.05) is 11.6 Å². The first-order valence-electron chi connectivity index (χ1n) is 4.96. The standard InChI is InChI=1S/C12H9ClN4/c1-15-11-6-10(7-14)16-12(17-11)8-2-4-9(13)5-3-8/h2-6H,1H3,(H,15,16,17). The smallest absolute Gasteiger partial charge is 0.162 e. The van der Waals surface area contributed by atoms with Crippen LogP contribution in [-0.2, 0) is 0 Å². The largest absolute Gasteiger partial charge is 0.373 e. The molecule has 0 amide bonds. The molecule has 0 spiro atoms. The van der Waals surface area contributed by atoms with Gasteiger partial charge in [-0.25, -0.2) is 9.97 Å². The summed E-state index contributed by atoms with van der Waals surface area (Å²) >= 11 is 5.81. The third kappa shape index (κ3) is 2.52. The Labute approximate surface area is 104 Å². The number of rotatable bonds is 2. The number of nitriles is 1. The van der Waals surface area contributed by atoms with E-state index in [4.69, 9.17) is 16.9 Å². The average molecular weight is 245 g/mol. The van der Waals surface area contributed by atoms with Crippen molar-refractivity contribution in [2.45, 2.75) is 0 Å². The van der Waals surface area contributed by atoms with Crippen LogP contribution in [0, 0.1) is 11.3 Å². The first-order chi connectivity index (χ1) is 8.22. The highest BCUT2D eigenvalue weighted by Crippen LogP contribution is 2.19. The van der Waals surface area contributed by atoms with Crippen LogP contribution in [0.2, 0.25) is 5.02 Å². The SMILES string of the molecule is CNc1cc(C#N)nc(-c2ccc(Cl)cc2)n1. The molecule has 84 valence electrons. The highest BCUT2D eigenvalue weighted by atomic mass is 35.5. The van der Waals surface area contributed by atoms with Gasteiger partial charge in [-0.3, -0.25) is 0 Å². The Morgan fingerprint density at radius 2 is 1.94 bits per heavy atom. The van der Waals surface area contributed by atoms with Crippen molar-refractivity contribution in [2.24, 2.45) is 0 Å². The molecular formula is C12H9ClN4. The fourth-order valence-electron chi connectivity index (χ4n) is 1.36. The molecule has 0 aliphatic carbocycles. The Morgan fingerprint density at radius 1 is 1.24 bits per heavy atom. The molecule has 1 aromatic carbocycles. The van der Waals surface area contributed by atoms with Crippen LogP contribution < -0.4 is 5.32 Å². The van der Waals surface area contributed by atoms with Crippen LogP contribution in [0.4, 0.5) is 5.82 Å². The lowest BCUT2D eigenvalue weighted by Crippen LogP contribution is -1.98. The van der Waals surface area contributed by atoms with Gasteiger partial charge in [-0.2, -0.15) is 5.26 Å². The van der Waals surface area contributed by atoms with Crippen molar-refractivity contribution < 1.29 is 0 Å². The maximum absolute atomic E-state index is 8.88. The van der Waals surface area contributed by atoms with E-state index < -0.39 is 0 Å². The zero-order chi connectivity index (χ0) is 12.3. The summed E-state index contributed by atoms with van der Waals surface area (Å²) in [6, 6.07) is 10.8. The molecule has 1 heterocycles. The summed E-state index contributed by atoms with van der Waals surface area (Å²) in [5, 5.41) is 12.4. The summed E-state index contributed by atoms with van der Waals surface area (Å²) in [7, 11) is 1.75. The topological polar surface area (TPSA) is 61.6 Å². The van der Waals surface area contributed by atoms with Gasteiger partial charge in [-0.05, 0) is 24.3 Å². The summed E-state index contributed by atoms with van der Waals surface area (Å²) in [5.74, 6) is 1.12. The Kier molecular flexibility index (Phi) is 3.22. The molecule has 2 rings (SSSR count). The summed E-state index contributed by atoms with van der Waals surface area (Å²) in [5.41, 5.74) is 1.15. The maximum atomic E-state index is 8.88. The van der Waals surface area contributed by atoms with Gasteiger partial charge in [0.25, 0.3) is 0 Å². The van der Waals surface area contributed by atoms with E-state index in [0.717, 1.165) is 5.56 Å². The molecule has 0 saturated carbocycles. The third-order valence-corrected chi connectivity index (χ3v) is 2.45. The number of nitrogens with one attached hydrogen (secondary N) is 1. The van der Waals surface area contributed by atoms with Crippen LogP contribution in [0.1, 0.15) is 5.69 Å². The average Bonchev–Trinajstić information content (AvgIpc) is 2.39. The Balaban J connectivity index is 2.51. The van der Waals surface area contributed by atoms with E-state index in [1.54, 1.807) is 25.2 Å². The van der Waals surface area contributed by atoms with Gasteiger partial charge >= 0.3 is 0 Å². The lowest BCUT2D eigenvalue weighted by molar-refractivity contribution is 1.14. The second-order valence-corrected chi connectivity index (χ2v) is 3.77. The third-order valence-electron chi connectivity index (χ3n) is 2.20. The minimum atomic E-state index is 0.328. The Bertz CT molecular complexity index is 572. The quantitative estimate of drug-likeness (QED) is 0.882. The highest BCUT2D eigenvalue weighted by molar-refractivity contribution is 6.30. The lowest BCUT2D eigenvalue weighted by Gasteiger charge is -2.04. The van der Waals surface area contributed by atoms with E-state index in [-0.39, 0.29) is 0 Å². The second-order valence-electron chi connectivity index (χ2n) is 3.33. The van der Waals surface area contributed by atoms with Crippen LogP contribution in [-0.4, -0.2) is 17.0 Å². The molecule has 1 aromatic heterocycles. The van der Waals surface area contributed by atoms with Crippen molar-refractivity contribution in [1.82, 2.24) is 9.97 Å². The van der Waals surface area contributed by atoms with Gasteiger partial charge in [0.15, 0.2) is 5.82 Å². The molecule has 0 aliphatic heterocycles. The molecule has 1 N–H and O–H groups in total. The summed E-state index contributed by atoms with van der Waals surface area (Å²) < 4.78 is 0. The molecule has 2 aromatic rings. The van der Waals surface area contributed by atoms with Crippen LogP contribution in [0.5, 0.6) is 0 Å². The van der Waals surface area contributed by atoms with Crippen molar-refractivity contribution >= 4 is 17.4 Å². The molecule has 0 unspecified atom stereocenters. The molecule has 0 aliphatic rings. The minimum absolute atomic E-state index is 0.328. The monoisotopic (exact) mass is 244 g/mol. The van der Waals surface area contributed by atoms with Crippen LogP contribution in [0.25, 0.3) is 11.4 Å². The molecule has 0 radical (unpaired) electrons. The zero-order valence-electron chi connectivity index (χ0n) is 9.11. The fourth-order valence-corrected chi connectivity index (χ4v) is 1.49. The van der Waals surface area contributed by atoms with Gasteiger partial charge in [-0.15, -0.1) is 0 Å². The first kappa shape index (κ1) is 11.4. The van der Waals surface area contributed by atoms with Gasteiger partial charge in [0.1, 0.15) is 17.6 Å². The van der Waals surface area contributed by atoms with Gasteiger partial charge in [0.2, 0.25) is 0 Å². The van der Waals surface area contributed by atoms with Crippen molar-refractivity contribution in [1.29, 1.82) is 5.26 Å². The number of anilines is 1. The van der Waals surface area contributed by atoms with Crippen LogP contribution >= 0.6 is 11.6 Å². The summed E-state index contributed by atoms with van der Waals surface area (Å²) in [4.78, 5) is 8.43. The lowest BCUT2D eigenvalue weighted by atomic mass is 10.2. The van der Waals surface area contributed by atoms with E-state index in [9.17, 15) is 0 Å². The van der Waals surface area contributed by atoms with E-state index in [1.165, 1.54) is 0 Å². The Hall–Kier alpha value is -2.12. The molecular weight excluding hydrogens is 236 g/mol. The van der Waals surface area contributed by atoms with Gasteiger partial charge in [0.05, 0.1) is 0 Å². The number of halogens is 1. The minimum Gasteiger partial charge on any atom is -0.373 e. The van der Waals surface area contributed by atoms with Crippen LogP contribution in [0.15, 0.2) is 30.3 Å². The molecule has 17 heavy (non-hydrogen) atoms. The summed E-state index contributed by atoms with van der Waals surface area (Å²) in [6.45, 7) is 0. The van der Waals surface area contributed by atoms with E-state index in [2.05, 4.69) is 15.3 Å². The van der Waals surface area contributed by atoms with Crippen molar-refractivity contribution in [3.8, 4) is 17.5 Å². The van der Waals surface area contributed by atoms with E-state index in [0.29, 0.717) is 22.4 Å². The Morgan fingerprint density at radius 3 is 2.53 bits per heavy atom. The van der Waals surface area contributed by atoms with Crippen LogP contribution in [0.3, 0.4) is 0 Å². The number of benzene rings is 1. The fraction of sp³-hybridized carbons (Fsp3) is 0.0833. The molecule has 5 heteroatoms. The maximum Gasteiger partial charge on any atom is 0.162 e. The second kappa shape index (κ2) is 4.81. The van der Waals surface area contributed by atoms with Gasteiger partial charge < -0.3 is 5.32 Å². The predicted octanol–water partition coefficient (Wildman–Crippen LogP) is 2.71. The van der Waals surface area contributed by atoms with Crippen molar-refractivity contribution in [3.63, 3.8) is 0 Å². The van der Waals surface area contributed by atoms with Gasteiger partial charge in [0, 0.05) is 23.7 Å². The molecule has 0 atom stereocenters. The van der Waals surface area contributed by atoms with Crippen molar-refractivity contribution in [3.05, 3.63) is 41.0 Å². The normalized spacial score (nSPS) is 9.71. The molecule has 0 fully saturated rings. The van der Waals surface area contributed by atoms with Crippen molar-refractivity contribution in [2.75, 3.05) is 12.4 Å². The van der Waals surface area contributed by atoms with E-state index in [1.807, 2.05) is 18.2 Å². The number of aromatic nitrogens is 2. The number of nitrogens with zero attached hydrogens (tertiary/aromatic N) is 3. The highest BCUT2D eigenvalue weighted by Gasteiger charge is 2.05. The predicted molar refractivity (Wildman–Crippen MR) is 66.7 cm³/mol. The molecule has 0 bridgehead atoms. The zero-order valence-corrected chi connectivity index (χ0v) is 9.86. The summed E-state index contributed by atoms with van der Waals surface area (Å²) in [6.07, 6.45) is 0. The number of hydrogen-bond donors (Lipinski definition) is 1.